The van der Waals surface area contributed by atoms with Gasteiger partial charge >= 0.3 is 0 Å². The number of nitrogens with zero attached hydrogens (tertiary/aromatic N) is 2. The van der Waals surface area contributed by atoms with E-state index in [9.17, 15) is 8.42 Å². The van der Waals surface area contributed by atoms with Gasteiger partial charge < -0.3 is 15.5 Å². The van der Waals surface area contributed by atoms with Crippen molar-refractivity contribution >= 4 is 39.8 Å². The summed E-state index contributed by atoms with van der Waals surface area (Å²) in [6.07, 6.45) is 9.80. The number of halogens is 1. The van der Waals surface area contributed by atoms with Crippen LogP contribution in [0.5, 0.6) is 0 Å². The molecule has 1 aromatic rings. The predicted molar refractivity (Wildman–Crippen MR) is 137 cm³/mol. The second-order valence-corrected chi connectivity index (χ2v) is 9.83. The maximum atomic E-state index is 11.5. The van der Waals surface area contributed by atoms with E-state index < -0.39 is 9.84 Å². The van der Waals surface area contributed by atoms with Gasteiger partial charge in [0, 0.05) is 25.9 Å². The fourth-order valence-electron chi connectivity index (χ4n) is 3.57. The van der Waals surface area contributed by atoms with Crippen molar-refractivity contribution in [3.05, 3.63) is 29.8 Å². The molecule has 172 valence electrons. The SMILES string of the molecule is CCNC(=NCCCCCN1CCCCC1)NCCc1ccc(S(C)(=O)=O)cc1.I. The number of unbranched alkanes of at least 4 members (excludes halogenated alkanes) is 2. The molecule has 0 bridgehead atoms. The van der Waals surface area contributed by atoms with Crippen molar-refractivity contribution in [2.24, 2.45) is 4.99 Å². The molecule has 6 nitrogen and oxygen atoms in total. The molecule has 1 aliphatic rings. The zero-order valence-corrected chi connectivity index (χ0v) is 21.7. The molecule has 2 N–H and O–H groups in total. The second kappa shape index (κ2) is 15.0. The number of sulfone groups is 1. The minimum absolute atomic E-state index is 0. The standard InChI is InChI=1S/C22H38N4O2S.HI/c1-3-23-22(24-15-6-4-7-17-26-18-8-5-9-19-26)25-16-14-20-10-12-21(13-11-20)29(2,27)28;/h10-13H,3-9,14-19H2,1-2H3,(H2,23,24,25);1H. The van der Waals surface area contributed by atoms with E-state index in [0.717, 1.165) is 44.0 Å². The molecule has 2 rings (SSSR count). The summed E-state index contributed by atoms with van der Waals surface area (Å²) in [5, 5.41) is 6.66. The monoisotopic (exact) mass is 550 g/mol. The van der Waals surface area contributed by atoms with Crippen molar-refractivity contribution < 1.29 is 8.42 Å². The molecule has 1 aliphatic heterocycles. The first-order valence-electron chi connectivity index (χ1n) is 11.0. The predicted octanol–water partition coefficient (Wildman–Crippen LogP) is 3.46. The Morgan fingerprint density at radius 2 is 1.73 bits per heavy atom. The Kier molecular flexibility index (Phi) is 13.6. The number of hydrogen-bond acceptors (Lipinski definition) is 4. The molecule has 1 saturated heterocycles. The largest absolute Gasteiger partial charge is 0.357 e. The summed E-state index contributed by atoms with van der Waals surface area (Å²) < 4.78 is 23.1. The van der Waals surface area contributed by atoms with E-state index in [1.807, 2.05) is 12.1 Å². The average Bonchev–Trinajstić information content (AvgIpc) is 2.71. The third-order valence-electron chi connectivity index (χ3n) is 5.25. The number of nitrogens with one attached hydrogen (secondary N) is 2. The van der Waals surface area contributed by atoms with Crippen LogP contribution < -0.4 is 10.6 Å². The minimum Gasteiger partial charge on any atom is -0.357 e. The van der Waals surface area contributed by atoms with Gasteiger partial charge in [-0.25, -0.2) is 8.42 Å². The molecule has 0 unspecified atom stereocenters. The Hall–Kier alpha value is -0.870. The van der Waals surface area contributed by atoms with Crippen LogP contribution in [0, 0.1) is 0 Å². The van der Waals surface area contributed by atoms with Crippen LogP contribution in [-0.2, 0) is 16.3 Å². The molecular weight excluding hydrogens is 511 g/mol. The number of guanidine groups is 1. The van der Waals surface area contributed by atoms with Gasteiger partial charge in [0.25, 0.3) is 0 Å². The lowest BCUT2D eigenvalue weighted by Crippen LogP contribution is -2.38. The summed E-state index contributed by atoms with van der Waals surface area (Å²) in [5.41, 5.74) is 1.11. The van der Waals surface area contributed by atoms with Gasteiger partial charge in [-0.3, -0.25) is 4.99 Å². The van der Waals surface area contributed by atoms with E-state index >= 15 is 0 Å². The van der Waals surface area contributed by atoms with Gasteiger partial charge in [0.15, 0.2) is 15.8 Å². The molecule has 0 aromatic heterocycles. The summed E-state index contributed by atoms with van der Waals surface area (Å²) in [7, 11) is -3.13. The first-order valence-corrected chi connectivity index (χ1v) is 12.9. The first-order chi connectivity index (χ1) is 14.0. The van der Waals surface area contributed by atoms with Crippen LogP contribution >= 0.6 is 24.0 Å². The molecule has 8 heteroatoms. The molecule has 1 fully saturated rings. The number of piperidine rings is 1. The Balaban J connectivity index is 0.00000450. The molecule has 0 spiro atoms. The van der Waals surface area contributed by atoms with Crippen LogP contribution in [-0.4, -0.2) is 64.8 Å². The van der Waals surface area contributed by atoms with Crippen molar-refractivity contribution in [2.45, 2.75) is 56.8 Å². The third-order valence-corrected chi connectivity index (χ3v) is 6.38. The first kappa shape index (κ1) is 27.2. The molecule has 1 heterocycles. The highest BCUT2D eigenvalue weighted by Gasteiger charge is 2.09. The number of benzene rings is 1. The maximum absolute atomic E-state index is 11.5. The second-order valence-electron chi connectivity index (χ2n) is 7.82. The highest BCUT2D eigenvalue weighted by molar-refractivity contribution is 14.0. The van der Waals surface area contributed by atoms with Gasteiger partial charge in [-0.15, -0.1) is 24.0 Å². The van der Waals surface area contributed by atoms with E-state index in [4.69, 9.17) is 0 Å². The Labute approximate surface area is 200 Å². The van der Waals surface area contributed by atoms with Gasteiger partial charge in [-0.05, 0) is 76.4 Å². The smallest absolute Gasteiger partial charge is 0.191 e. The van der Waals surface area contributed by atoms with Gasteiger partial charge in [0.05, 0.1) is 4.90 Å². The normalized spacial score (nSPS) is 15.5. The zero-order chi connectivity index (χ0) is 21.0. The lowest BCUT2D eigenvalue weighted by Gasteiger charge is -2.26. The van der Waals surface area contributed by atoms with Crippen LogP contribution in [0.1, 0.15) is 51.0 Å². The van der Waals surface area contributed by atoms with Crippen molar-refractivity contribution in [1.82, 2.24) is 15.5 Å². The lowest BCUT2D eigenvalue weighted by atomic mass is 10.1. The molecule has 0 aliphatic carbocycles. The average molecular weight is 551 g/mol. The van der Waals surface area contributed by atoms with Crippen molar-refractivity contribution in [2.75, 3.05) is 45.5 Å². The summed E-state index contributed by atoms with van der Waals surface area (Å²) >= 11 is 0. The summed E-state index contributed by atoms with van der Waals surface area (Å²) in [4.78, 5) is 7.64. The fraction of sp³-hybridized carbons (Fsp3) is 0.682. The van der Waals surface area contributed by atoms with Crippen molar-refractivity contribution in [3.63, 3.8) is 0 Å². The molecule has 30 heavy (non-hydrogen) atoms. The van der Waals surface area contributed by atoms with Crippen LogP contribution in [0.25, 0.3) is 0 Å². The minimum atomic E-state index is -3.13. The van der Waals surface area contributed by atoms with Gasteiger partial charge in [-0.1, -0.05) is 25.0 Å². The van der Waals surface area contributed by atoms with Gasteiger partial charge in [0.1, 0.15) is 0 Å². The number of likely N-dealkylation sites (tertiary alicyclic amines) is 1. The summed E-state index contributed by atoms with van der Waals surface area (Å²) in [6, 6.07) is 7.11. The quantitative estimate of drug-likeness (QED) is 0.191. The number of rotatable bonds is 11. The van der Waals surface area contributed by atoms with Crippen molar-refractivity contribution in [3.8, 4) is 0 Å². The lowest BCUT2D eigenvalue weighted by molar-refractivity contribution is 0.224. The molecule has 1 aromatic carbocycles. The van der Waals surface area contributed by atoms with E-state index in [1.54, 1.807) is 12.1 Å². The maximum Gasteiger partial charge on any atom is 0.191 e. The van der Waals surface area contributed by atoms with Crippen molar-refractivity contribution in [1.29, 1.82) is 0 Å². The van der Waals surface area contributed by atoms with E-state index in [1.165, 1.54) is 58.0 Å². The van der Waals surface area contributed by atoms with Gasteiger partial charge in [-0.2, -0.15) is 0 Å². The molecule has 0 amide bonds. The van der Waals surface area contributed by atoms with Gasteiger partial charge in [0.2, 0.25) is 0 Å². The van der Waals surface area contributed by atoms with Crippen LogP contribution in [0.3, 0.4) is 0 Å². The van der Waals surface area contributed by atoms with E-state index in [-0.39, 0.29) is 24.0 Å². The van der Waals surface area contributed by atoms with Crippen LogP contribution in [0.2, 0.25) is 0 Å². The highest BCUT2D eigenvalue weighted by atomic mass is 127. The fourth-order valence-corrected chi connectivity index (χ4v) is 4.20. The number of hydrogen-bond donors (Lipinski definition) is 2. The Bertz CT molecular complexity index is 717. The third kappa shape index (κ3) is 10.9. The summed E-state index contributed by atoms with van der Waals surface area (Å²) in [6.45, 7) is 8.31. The van der Waals surface area contributed by atoms with Crippen LogP contribution in [0.15, 0.2) is 34.2 Å². The molecule has 0 atom stereocenters. The molecular formula is C22H39IN4O2S. The zero-order valence-electron chi connectivity index (χ0n) is 18.5. The topological polar surface area (TPSA) is 73.8 Å². The number of aliphatic imine (C=N–C) groups is 1. The summed E-state index contributed by atoms with van der Waals surface area (Å²) in [5.74, 6) is 0.858. The van der Waals surface area contributed by atoms with Crippen LogP contribution in [0.4, 0.5) is 0 Å². The Morgan fingerprint density at radius 1 is 1.03 bits per heavy atom. The molecule has 0 saturated carbocycles. The highest BCUT2D eigenvalue weighted by Crippen LogP contribution is 2.11. The Morgan fingerprint density at radius 3 is 2.37 bits per heavy atom. The van der Waals surface area contributed by atoms with E-state index in [2.05, 4.69) is 27.4 Å². The van der Waals surface area contributed by atoms with E-state index in [0.29, 0.717) is 4.90 Å². The molecule has 0 radical (unpaired) electrons.